The third-order valence-electron chi connectivity index (χ3n) is 5.58. The predicted molar refractivity (Wildman–Crippen MR) is 105 cm³/mol. The highest BCUT2D eigenvalue weighted by atomic mass is 19.1. The van der Waals surface area contributed by atoms with E-state index in [1.165, 1.54) is 18.2 Å². The summed E-state index contributed by atoms with van der Waals surface area (Å²) < 4.78 is 14.1. The first-order valence-corrected chi connectivity index (χ1v) is 10.1. The Labute approximate surface area is 164 Å². The molecule has 0 aromatic heterocycles. The van der Waals surface area contributed by atoms with Crippen LogP contribution < -0.4 is 16.0 Å². The summed E-state index contributed by atoms with van der Waals surface area (Å²) in [5, 5.41) is 8.09. The van der Waals surface area contributed by atoms with Gasteiger partial charge in [0.2, 0.25) is 17.7 Å². The molecule has 0 radical (unpaired) electrons. The second-order valence-electron chi connectivity index (χ2n) is 7.93. The summed E-state index contributed by atoms with van der Waals surface area (Å²) in [6.45, 7) is 2.29. The van der Waals surface area contributed by atoms with E-state index in [1.54, 1.807) is 0 Å². The van der Waals surface area contributed by atoms with Crippen molar-refractivity contribution < 1.29 is 18.8 Å². The van der Waals surface area contributed by atoms with E-state index in [0.717, 1.165) is 38.5 Å². The Morgan fingerprint density at radius 3 is 2.46 bits per heavy atom. The Hall–Kier alpha value is -2.44. The molecule has 2 atom stereocenters. The van der Waals surface area contributed by atoms with Crippen LogP contribution >= 0.6 is 0 Å². The second kappa shape index (κ2) is 9.17. The van der Waals surface area contributed by atoms with Gasteiger partial charge in [-0.05, 0) is 43.4 Å². The number of carbonyl (C=O) groups is 3. The normalized spacial score (nSPS) is 21.6. The highest BCUT2D eigenvalue weighted by Crippen LogP contribution is 2.37. The Kier molecular flexibility index (Phi) is 6.65. The average Bonchev–Trinajstić information content (AvgIpc) is 3.42. The zero-order chi connectivity index (χ0) is 20.1. The highest BCUT2D eigenvalue weighted by molar-refractivity contribution is 5.95. The van der Waals surface area contributed by atoms with Gasteiger partial charge >= 0.3 is 0 Å². The van der Waals surface area contributed by atoms with Gasteiger partial charge in [-0.3, -0.25) is 14.4 Å². The van der Waals surface area contributed by atoms with Crippen molar-refractivity contribution in [3.05, 3.63) is 24.0 Å². The summed E-state index contributed by atoms with van der Waals surface area (Å²) in [4.78, 5) is 36.1. The van der Waals surface area contributed by atoms with Crippen LogP contribution in [0.5, 0.6) is 0 Å². The lowest BCUT2D eigenvalue weighted by Gasteiger charge is -2.21. The fraction of sp³-hybridized carbons (Fsp3) is 0.571. The van der Waals surface area contributed by atoms with Crippen LogP contribution in [-0.2, 0) is 14.4 Å². The second-order valence-corrected chi connectivity index (χ2v) is 7.93. The fourth-order valence-corrected chi connectivity index (χ4v) is 3.64. The minimum absolute atomic E-state index is 0.00482. The third kappa shape index (κ3) is 5.53. The van der Waals surface area contributed by atoms with Crippen LogP contribution in [-0.4, -0.2) is 24.3 Å². The maximum absolute atomic E-state index is 14.1. The van der Waals surface area contributed by atoms with Crippen LogP contribution in [0.1, 0.15) is 51.9 Å². The first-order chi connectivity index (χ1) is 13.4. The van der Waals surface area contributed by atoms with Crippen LogP contribution in [0.3, 0.4) is 0 Å². The molecule has 1 aromatic rings. The lowest BCUT2D eigenvalue weighted by atomic mass is 9.88. The molecule has 2 saturated carbocycles. The summed E-state index contributed by atoms with van der Waals surface area (Å²) >= 11 is 0. The molecule has 2 aliphatic carbocycles. The van der Waals surface area contributed by atoms with E-state index < -0.39 is 5.82 Å². The molecular weight excluding hydrogens is 361 g/mol. The van der Waals surface area contributed by atoms with E-state index in [2.05, 4.69) is 16.0 Å². The van der Waals surface area contributed by atoms with E-state index in [0.29, 0.717) is 11.6 Å². The minimum Gasteiger partial charge on any atom is -0.355 e. The van der Waals surface area contributed by atoms with Crippen molar-refractivity contribution >= 4 is 29.1 Å². The molecule has 0 saturated heterocycles. The monoisotopic (exact) mass is 389 g/mol. The summed E-state index contributed by atoms with van der Waals surface area (Å²) in [6, 6.07) is 4.11. The van der Waals surface area contributed by atoms with Crippen LogP contribution in [0.2, 0.25) is 0 Å². The van der Waals surface area contributed by atoms with E-state index in [1.807, 2.05) is 6.92 Å². The summed E-state index contributed by atoms with van der Waals surface area (Å²) in [5.74, 6) is -0.558. The Morgan fingerprint density at radius 1 is 1.07 bits per heavy atom. The first kappa shape index (κ1) is 20.3. The molecule has 0 spiro atoms. The fourth-order valence-electron chi connectivity index (χ4n) is 3.64. The minimum atomic E-state index is -0.534. The van der Waals surface area contributed by atoms with E-state index in [4.69, 9.17) is 0 Å². The van der Waals surface area contributed by atoms with Crippen molar-refractivity contribution in [3.63, 3.8) is 0 Å². The molecule has 2 aliphatic rings. The van der Waals surface area contributed by atoms with Gasteiger partial charge in [0, 0.05) is 30.5 Å². The molecule has 1 aromatic carbocycles. The number of carbonyl (C=O) groups excluding carboxylic acids is 3. The lowest BCUT2D eigenvalue weighted by molar-refractivity contribution is -0.123. The van der Waals surface area contributed by atoms with Gasteiger partial charge in [-0.2, -0.15) is 0 Å². The number of hydrogen-bond acceptors (Lipinski definition) is 3. The van der Waals surface area contributed by atoms with Crippen molar-refractivity contribution in [2.45, 2.75) is 51.9 Å². The maximum atomic E-state index is 14.1. The number of amides is 3. The predicted octanol–water partition coefficient (Wildman–Crippen LogP) is 3.45. The maximum Gasteiger partial charge on any atom is 0.227 e. The molecule has 2 fully saturated rings. The van der Waals surface area contributed by atoms with Crippen molar-refractivity contribution in [1.82, 2.24) is 5.32 Å². The smallest absolute Gasteiger partial charge is 0.227 e. The van der Waals surface area contributed by atoms with Crippen LogP contribution in [0.25, 0.3) is 0 Å². The lowest BCUT2D eigenvalue weighted by Crippen LogP contribution is -2.29. The topological polar surface area (TPSA) is 87.3 Å². The third-order valence-corrected chi connectivity index (χ3v) is 5.58. The SMILES string of the molecule is C[C@@H]1C[C@H]1C(=O)NCCC(=O)Nc1ccc(F)c(NC(=O)C2CCCCC2)c1. The van der Waals surface area contributed by atoms with E-state index >= 15 is 0 Å². The molecule has 3 amide bonds. The molecule has 152 valence electrons. The molecule has 3 rings (SSSR count). The summed E-state index contributed by atoms with van der Waals surface area (Å²) in [5.41, 5.74) is 0.483. The van der Waals surface area contributed by atoms with Gasteiger partial charge in [0.05, 0.1) is 5.69 Å². The first-order valence-electron chi connectivity index (χ1n) is 10.1. The summed E-state index contributed by atoms with van der Waals surface area (Å²) in [7, 11) is 0. The number of halogens is 1. The molecule has 0 aliphatic heterocycles. The number of anilines is 2. The van der Waals surface area contributed by atoms with Gasteiger partial charge in [0.1, 0.15) is 5.82 Å². The quantitative estimate of drug-likeness (QED) is 0.667. The van der Waals surface area contributed by atoms with E-state index in [-0.39, 0.29) is 48.2 Å². The van der Waals surface area contributed by atoms with Gasteiger partial charge in [0.15, 0.2) is 0 Å². The van der Waals surface area contributed by atoms with Crippen molar-refractivity contribution in [1.29, 1.82) is 0 Å². The average molecular weight is 389 g/mol. The van der Waals surface area contributed by atoms with Gasteiger partial charge in [-0.25, -0.2) is 4.39 Å². The highest BCUT2D eigenvalue weighted by Gasteiger charge is 2.38. The molecule has 0 heterocycles. The largest absolute Gasteiger partial charge is 0.355 e. The van der Waals surface area contributed by atoms with Crippen molar-refractivity contribution in [3.8, 4) is 0 Å². The Bertz CT molecular complexity index is 746. The number of benzene rings is 1. The molecule has 6 nitrogen and oxygen atoms in total. The molecular formula is C21H28FN3O3. The molecule has 0 unspecified atom stereocenters. The summed E-state index contributed by atoms with van der Waals surface area (Å²) in [6.07, 6.45) is 5.88. The number of rotatable bonds is 7. The van der Waals surface area contributed by atoms with Gasteiger partial charge in [0.25, 0.3) is 0 Å². The van der Waals surface area contributed by atoms with Gasteiger partial charge in [-0.15, -0.1) is 0 Å². The van der Waals surface area contributed by atoms with Crippen LogP contribution in [0.15, 0.2) is 18.2 Å². The van der Waals surface area contributed by atoms with Gasteiger partial charge in [-0.1, -0.05) is 26.2 Å². The Morgan fingerprint density at radius 2 is 1.79 bits per heavy atom. The molecule has 7 heteroatoms. The standard InChI is InChI=1S/C21H28FN3O3/c1-13-11-16(13)21(28)23-10-9-19(26)24-15-7-8-17(22)18(12-15)25-20(27)14-5-3-2-4-6-14/h7-8,12-14,16H,2-6,9-11H2,1H3,(H,23,28)(H,24,26)(H,25,27)/t13-,16-/m1/s1. The number of hydrogen-bond donors (Lipinski definition) is 3. The van der Waals surface area contributed by atoms with Crippen LogP contribution in [0, 0.1) is 23.6 Å². The van der Waals surface area contributed by atoms with Gasteiger partial charge < -0.3 is 16.0 Å². The zero-order valence-electron chi connectivity index (χ0n) is 16.2. The Balaban J connectivity index is 1.48. The van der Waals surface area contributed by atoms with Crippen molar-refractivity contribution in [2.75, 3.05) is 17.2 Å². The molecule has 28 heavy (non-hydrogen) atoms. The zero-order valence-corrected chi connectivity index (χ0v) is 16.2. The number of nitrogens with one attached hydrogen (secondary N) is 3. The molecule has 0 bridgehead atoms. The van der Waals surface area contributed by atoms with E-state index in [9.17, 15) is 18.8 Å². The van der Waals surface area contributed by atoms with Crippen molar-refractivity contribution in [2.24, 2.45) is 17.8 Å². The molecule has 3 N–H and O–H groups in total. The van der Waals surface area contributed by atoms with Crippen LogP contribution in [0.4, 0.5) is 15.8 Å².